The minimum absolute atomic E-state index is 0.603. The molecule has 0 bridgehead atoms. The second kappa shape index (κ2) is 3.93. The molecule has 4 N–H and O–H groups in total. The molecule has 5 heteroatoms. The summed E-state index contributed by atoms with van der Waals surface area (Å²) in [6.07, 6.45) is 0. The van der Waals surface area contributed by atoms with Crippen molar-refractivity contribution >= 4 is 45.9 Å². The highest BCUT2D eigenvalue weighted by molar-refractivity contribution is 7.20. The summed E-state index contributed by atoms with van der Waals surface area (Å²) in [4.78, 5) is 0. The van der Waals surface area contributed by atoms with E-state index in [0.717, 1.165) is 11.1 Å². The lowest BCUT2D eigenvalue weighted by molar-refractivity contribution is 1.64. The lowest BCUT2D eigenvalue weighted by Gasteiger charge is -2.04. The molecule has 1 heterocycles. The molecule has 0 aliphatic carbocycles. The monoisotopic (exact) mass is 258 g/mol. The van der Waals surface area contributed by atoms with Crippen molar-refractivity contribution in [2.24, 2.45) is 0 Å². The molecule has 0 aliphatic heterocycles. The zero-order valence-electron chi connectivity index (χ0n) is 7.63. The number of halogens is 2. The van der Waals surface area contributed by atoms with E-state index in [-0.39, 0.29) is 0 Å². The van der Waals surface area contributed by atoms with Gasteiger partial charge in [0, 0.05) is 22.5 Å². The van der Waals surface area contributed by atoms with Crippen molar-refractivity contribution in [3.05, 3.63) is 32.9 Å². The van der Waals surface area contributed by atoms with Gasteiger partial charge in [-0.05, 0) is 18.2 Å². The molecular formula is C10H8Cl2N2S. The van der Waals surface area contributed by atoms with Crippen LogP contribution >= 0.6 is 34.5 Å². The van der Waals surface area contributed by atoms with E-state index < -0.39 is 0 Å². The van der Waals surface area contributed by atoms with Gasteiger partial charge in [-0.25, -0.2) is 0 Å². The summed E-state index contributed by atoms with van der Waals surface area (Å²) in [7, 11) is 0. The normalized spacial score (nSPS) is 10.5. The first kappa shape index (κ1) is 10.6. The molecule has 0 saturated heterocycles. The fourth-order valence-corrected chi connectivity index (χ4v) is 2.84. The maximum atomic E-state index is 6.04. The van der Waals surface area contributed by atoms with E-state index in [1.165, 1.54) is 11.3 Å². The molecule has 0 unspecified atom stereocenters. The first-order valence-electron chi connectivity index (χ1n) is 4.18. The zero-order valence-corrected chi connectivity index (χ0v) is 9.96. The van der Waals surface area contributed by atoms with E-state index in [1.807, 2.05) is 6.07 Å². The molecule has 2 aromatic rings. The van der Waals surface area contributed by atoms with Gasteiger partial charge >= 0.3 is 0 Å². The average molecular weight is 259 g/mol. The van der Waals surface area contributed by atoms with Crippen molar-refractivity contribution in [1.29, 1.82) is 0 Å². The van der Waals surface area contributed by atoms with Gasteiger partial charge in [-0.15, -0.1) is 11.3 Å². The van der Waals surface area contributed by atoms with Crippen molar-refractivity contribution in [3.8, 4) is 11.1 Å². The summed E-state index contributed by atoms with van der Waals surface area (Å²) >= 11 is 13.2. The Hall–Kier alpha value is -0.900. The van der Waals surface area contributed by atoms with Crippen molar-refractivity contribution in [1.82, 2.24) is 0 Å². The van der Waals surface area contributed by atoms with Crippen LogP contribution < -0.4 is 11.5 Å². The van der Waals surface area contributed by atoms with Gasteiger partial charge in [0.05, 0.1) is 4.34 Å². The molecular weight excluding hydrogens is 251 g/mol. The van der Waals surface area contributed by atoms with Gasteiger partial charge < -0.3 is 11.5 Å². The van der Waals surface area contributed by atoms with E-state index in [4.69, 9.17) is 34.7 Å². The topological polar surface area (TPSA) is 52.0 Å². The summed E-state index contributed by atoms with van der Waals surface area (Å²) in [5.41, 5.74) is 14.4. The van der Waals surface area contributed by atoms with E-state index >= 15 is 0 Å². The van der Waals surface area contributed by atoms with Crippen LogP contribution in [0, 0.1) is 0 Å². The maximum Gasteiger partial charge on any atom is 0.102 e. The second-order valence-electron chi connectivity index (χ2n) is 3.08. The Kier molecular flexibility index (Phi) is 2.78. The summed E-state index contributed by atoms with van der Waals surface area (Å²) in [5.74, 6) is 0. The van der Waals surface area contributed by atoms with Crippen molar-refractivity contribution < 1.29 is 0 Å². The summed E-state index contributed by atoms with van der Waals surface area (Å²) in [6.45, 7) is 0. The smallest absolute Gasteiger partial charge is 0.102 e. The molecule has 78 valence electrons. The number of hydrogen-bond acceptors (Lipinski definition) is 3. The molecule has 0 atom stereocenters. The number of anilines is 2. The molecule has 0 saturated carbocycles. The number of thiophene rings is 1. The van der Waals surface area contributed by atoms with Gasteiger partial charge in [0.25, 0.3) is 0 Å². The number of nitrogen functional groups attached to an aromatic ring is 2. The summed E-state index contributed by atoms with van der Waals surface area (Å²) in [6, 6.07) is 7.14. The molecule has 0 radical (unpaired) electrons. The highest BCUT2D eigenvalue weighted by Crippen LogP contribution is 2.40. The molecule has 2 nitrogen and oxygen atoms in total. The Balaban J connectivity index is 2.59. The van der Waals surface area contributed by atoms with Gasteiger partial charge in [0.2, 0.25) is 0 Å². The molecule has 0 fully saturated rings. The third-order valence-electron chi connectivity index (χ3n) is 2.02. The first-order valence-corrected chi connectivity index (χ1v) is 5.75. The quantitative estimate of drug-likeness (QED) is 0.763. The van der Waals surface area contributed by atoms with Crippen molar-refractivity contribution in [2.75, 3.05) is 11.5 Å². The lowest BCUT2D eigenvalue weighted by Crippen LogP contribution is -1.92. The fraction of sp³-hybridized carbons (Fsp3) is 0. The van der Waals surface area contributed by atoms with Crippen LogP contribution in [0.25, 0.3) is 11.1 Å². The average Bonchev–Trinajstić information content (AvgIpc) is 2.45. The van der Waals surface area contributed by atoms with E-state index in [2.05, 4.69) is 0 Å². The van der Waals surface area contributed by atoms with Gasteiger partial charge in [0.1, 0.15) is 4.34 Å². The lowest BCUT2D eigenvalue weighted by atomic mass is 10.1. The van der Waals surface area contributed by atoms with E-state index in [1.54, 1.807) is 18.2 Å². The van der Waals surface area contributed by atoms with Gasteiger partial charge in [-0.1, -0.05) is 29.3 Å². The molecule has 0 spiro atoms. The van der Waals surface area contributed by atoms with E-state index in [9.17, 15) is 0 Å². The summed E-state index contributed by atoms with van der Waals surface area (Å²) in [5, 5.41) is 0. The van der Waals surface area contributed by atoms with Crippen LogP contribution in [-0.4, -0.2) is 0 Å². The largest absolute Gasteiger partial charge is 0.399 e. The third-order valence-corrected chi connectivity index (χ3v) is 3.51. The molecule has 1 aromatic heterocycles. The van der Waals surface area contributed by atoms with Crippen LogP contribution in [0.15, 0.2) is 24.3 Å². The molecule has 1 aromatic carbocycles. The van der Waals surface area contributed by atoms with Crippen LogP contribution in [0.4, 0.5) is 11.4 Å². The van der Waals surface area contributed by atoms with Crippen LogP contribution in [0.5, 0.6) is 0 Å². The minimum Gasteiger partial charge on any atom is -0.399 e. The van der Waals surface area contributed by atoms with Gasteiger partial charge in [0.15, 0.2) is 0 Å². The SMILES string of the molecule is Nc1ccc(-c2cc(Cl)sc2Cl)c(N)c1. The Labute approximate surface area is 101 Å². The second-order valence-corrected chi connectivity index (χ2v) is 5.37. The van der Waals surface area contributed by atoms with Crippen molar-refractivity contribution in [2.45, 2.75) is 0 Å². The standard InChI is InChI=1S/C10H8Cl2N2S/c11-9-4-7(10(12)15-9)6-2-1-5(13)3-8(6)14/h1-4H,13-14H2. The maximum absolute atomic E-state index is 6.04. The Bertz CT molecular complexity index is 508. The number of nitrogens with two attached hydrogens (primary N) is 2. The Morgan fingerprint density at radius 1 is 1.00 bits per heavy atom. The Morgan fingerprint density at radius 3 is 2.27 bits per heavy atom. The molecule has 0 aliphatic rings. The fourth-order valence-electron chi connectivity index (χ4n) is 1.35. The van der Waals surface area contributed by atoms with Crippen molar-refractivity contribution in [3.63, 3.8) is 0 Å². The molecule has 0 amide bonds. The molecule has 2 rings (SSSR count). The molecule has 15 heavy (non-hydrogen) atoms. The number of rotatable bonds is 1. The van der Waals surface area contributed by atoms with Crippen LogP contribution in [-0.2, 0) is 0 Å². The van der Waals surface area contributed by atoms with Crippen LogP contribution in [0.3, 0.4) is 0 Å². The summed E-state index contributed by atoms with van der Waals surface area (Å²) < 4.78 is 1.28. The first-order chi connectivity index (χ1) is 7.08. The third kappa shape index (κ3) is 2.04. The number of benzene rings is 1. The predicted octanol–water partition coefficient (Wildman–Crippen LogP) is 3.89. The van der Waals surface area contributed by atoms with Gasteiger partial charge in [-0.3, -0.25) is 0 Å². The zero-order chi connectivity index (χ0) is 11.0. The van der Waals surface area contributed by atoms with Crippen LogP contribution in [0.2, 0.25) is 8.67 Å². The minimum atomic E-state index is 0.603. The highest BCUT2D eigenvalue weighted by atomic mass is 35.5. The highest BCUT2D eigenvalue weighted by Gasteiger charge is 2.10. The number of hydrogen-bond donors (Lipinski definition) is 2. The van der Waals surface area contributed by atoms with Gasteiger partial charge in [-0.2, -0.15) is 0 Å². The predicted molar refractivity (Wildman–Crippen MR) is 68.6 cm³/mol. The van der Waals surface area contributed by atoms with E-state index in [0.29, 0.717) is 20.0 Å². The van der Waals surface area contributed by atoms with Crippen LogP contribution in [0.1, 0.15) is 0 Å². The Morgan fingerprint density at radius 2 is 1.73 bits per heavy atom.